The van der Waals surface area contributed by atoms with Crippen LogP contribution in [-0.2, 0) is 16.1 Å². The van der Waals surface area contributed by atoms with Crippen LogP contribution in [0.15, 0.2) is 43.0 Å². The number of nitrogens with zero attached hydrogens (tertiary/aromatic N) is 2. The molecule has 1 aliphatic rings. The number of benzene rings is 1. The second kappa shape index (κ2) is 9.84. The summed E-state index contributed by atoms with van der Waals surface area (Å²) in [7, 11) is 0. The van der Waals surface area contributed by atoms with Gasteiger partial charge in [0, 0.05) is 32.2 Å². The van der Waals surface area contributed by atoms with Crippen LogP contribution in [0.5, 0.6) is 0 Å². The summed E-state index contributed by atoms with van der Waals surface area (Å²) in [6.07, 6.45) is 3.31. The van der Waals surface area contributed by atoms with E-state index in [-0.39, 0.29) is 25.2 Å². The Labute approximate surface area is 148 Å². The number of aliphatic carboxylic acids is 1. The highest BCUT2D eigenvalue weighted by atomic mass is 16.6. The van der Waals surface area contributed by atoms with E-state index in [1.807, 2.05) is 30.3 Å². The zero-order valence-electron chi connectivity index (χ0n) is 14.5. The van der Waals surface area contributed by atoms with Gasteiger partial charge in [-0.3, -0.25) is 9.69 Å². The zero-order valence-corrected chi connectivity index (χ0v) is 14.5. The average molecular weight is 346 g/mol. The molecule has 1 aromatic carbocycles. The fourth-order valence-electron chi connectivity index (χ4n) is 2.64. The van der Waals surface area contributed by atoms with Crippen LogP contribution in [0.3, 0.4) is 0 Å². The first-order valence-electron chi connectivity index (χ1n) is 8.62. The van der Waals surface area contributed by atoms with Gasteiger partial charge in [0.25, 0.3) is 0 Å². The lowest BCUT2D eigenvalue weighted by Crippen LogP contribution is -2.40. The lowest BCUT2D eigenvalue weighted by molar-refractivity contribution is -0.137. The Morgan fingerprint density at radius 3 is 2.52 bits per heavy atom. The number of carboxylic acids is 1. The minimum Gasteiger partial charge on any atom is -0.481 e. The van der Waals surface area contributed by atoms with Crippen molar-refractivity contribution < 1.29 is 19.4 Å². The third kappa shape index (κ3) is 6.97. The number of rotatable bonds is 11. The molecule has 2 rings (SSSR count). The minimum absolute atomic E-state index is 0.0805. The SMILES string of the molecule is C=CCOC(=O)N(CCN(CCC(=O)O)Cc1ccccc1)C1CC1. The topological polar surface area (TPSA) is 70.1 Å². The van der Waals surface area contributed by atoms with Crippen molar-refractivity contribution in [2.45, 2.75) is 31.8 Å². The first-order valence-corrected chi connectivity index (χ1v) is 8.62. The zero-order chi connectivity index (χ0) is 18.1. The van der Waals surface area contributed by atoms with Gasteiger partial charge < -0.3 is 14.7 Å². The van der Waals surface area contributed by atoms with E-state index in [9.17, 15) is 9.59 Å². The Morgan fingerprint density at radius 1 is 1.20 bits per heavy atom. The van der Waals surface area contributed by atoms with Gasteiger partial charge in [0.15, 0.2) is 0 Å². The maximum absolute atomic E-state index is 12.2. The maximum Gasteiger partial charge on any atom is 0.410 e. The molecule has 1 aliphatic carbocycles. The Kier molecular flexibility index (Phi) is 7.47. The quantitative estimate of drug-likeness (QED) is 0.624. The number of hydrogen-bond donors (Lipinski definition) is 1. The number of hydrogen-bond acceptors (Lipinski definition) is 4. The number of carboxylic acid groups (broad SMARTS) is 1. The van der Waals surface area contributed by atoms with E-state index in [4.69, 9.17) is 9.84 Å². The lowest BCUT2D eigenvalue weighted by atomic mass is 10.2. The number of carbonyl (C=O) groups excluding carboxylic acids is 1. The molecule has 1 saturated carbocycles. The molecule has 6 nitrogen and oxygen atoms in total. The molecule has 0 bridgehead atoms. The average Bonchev–Trinajstić information content (AvgIpc) is 3.43. The van der Waals surface area contributed by atoms with Crippen LogP contribution in [0.25, 0.3) is 0 Å². The normalized spacial score (nSPS) is 13.5. The fourth-order valence-corrected chi connectivity index (χ4v) is 2.64. The molecule has 0 radical (unpaired) electrons. The van der Waals surface area contributed by atoms with E-state index < -0.39 is 5.97 Å². The molecular weight excluding hydrogens is 320 g/mol. The highest BCUT2D eigenvalue weighted by Crippen LogP contribution is 2.27. The van der Waals surface area contributed by atoms with E-state index in [1.165, 1.54) is 0 Å². The molecule has 1 amide bonds. The second-order valence-electron chi connectivity index (χ2n) is 6.20. The summed E-state index contributed by atoms with van der Waals surface area (Å²) >= 11 is 0. The molecule has 6 heteroatoms. The van der Waals surface area contributed by atoms with Crippen LogP contribution in [0.2, 0.25) is 0 Å². The maximum atomic E-state index is 12.2. The number of ether oxygens (including phenoxy) is 1. The minimum atomic E-state index is -0.817. The molecule has 1 N–H and O–H groups in total. The first-order chi connectivity index (χ1) is 12.1. The summed E-state index contributed by atoms with van der Waals surface area (Å²) in [4.78, 5) is 26.9. The Balaban J connectivity index is 1.92. The molecule has 1 fully saturated rings. The van der Waals surface area contributed by atoms with Crippen LogP contribution >= 0.6 is 0 Å². The largest absolute Gasteiger partial charge is 0.481 e. The molecule has 0 unspecified atom stereocenters. The Bertz CT molecular complexity index is 572. The smallest absolute Gasteiger partial charge is 0.410 e. The molecule has 0 aliphatic heterocycles. The van der Waals surface area contributed by atoms with E-state index in [2.05, 4.69) is 11.5 Å². The predicted octanol–water partition coefficient (Wildman–Crippen LogP) is 2.75. The van der Waals surface area contributed by atoms with Gasteiger partial charge in [0.2, 0.25) is 0 Å². The van der Waals surface area contributed by atoms with Crippen molar-refractivity contribution in [3.8, 4) is 0 Å². The molecule has 0 saturated heterocycles. The molecule has 0 atom stereocenters. The summed E-state index contributed by atoms with van der Waals surface area (Å²) in [6, 6.07) is 10.2. The summed E-state index contributed by atoms with van der Waals surface area (Å²) < 4.78 is 5.16. The van der Waals surface area contributed by atoms with Gasteiger partial charge in [-0.15, -0.1) is 0 Å². The van der Waals surface area contributed by atoms with Gasteiger partial charge in [0.05, 0.1) is 6.42 Å². The van der Waals surface area contributed by atoms with Gasteiger partial charge in [-0.2, -0.15) is 0 Å². The molecule has 25 heavy (non-hydrogen) atoms. The Morgan fingerprint density at radius 2 is 1.92 bits per heavy atom. The van der Waals surface area contributed by atoms with Gasteiger partial charge in [-0.1, -0.05) is 43.0 Å². The first kappa shape index (κ1) is 19.0. The predicted molar refractivity (Wildman–Crippen MR) is 95.2 cm³/mol. The number of carbonyl (C=O) groups is 2. The van der Waals surface area contributed by atoms with Gasteiger partial charge in [-0.25, -0.2) is 4.79 Å². The molecule has 0 spiro atoms. The molecule has 1 aromatic rings. The van der Waals surface area contributed by atoms with Gasteiger partial charge in [-0.05, 0) is 18.4 Å². The van der Waals surface area contributed by atoms with Crippen molar-refractivity contribution >= 4 is 12.1 Å². The second-order valence-corrected chi connectivity index (χ2v) is 6.20. The lowest BCUT2D eigenvalue weighted by Gasteiger charge is -2.27. The van der Waals surface area contributed by atoms with Crippen molar-refractivity contribution in [1.29, 1.82) is 0 Å². The van der Waals surface area contributed by atoms with E-state index in [0.717, 1.165) is 18.4 Å². The van der Waals surface area contributed by atoms with Crippen LogP contribution < -0.4 is 0 Å². The van der Waals surface area contributed by atoms with E-state index >= 15 is 0 Å². The fraction of sp³-hybridized carbons (Fsp3) is 0.474. The third-order valence-corrected chi connectivity index (χ3v) is 4.09. The van der Waals surface area contributed by atoms with E-state index in [1.54, 1.807) is 11.0 Å². The van der Waals surface area contributed by atoms with Crippen molar-refractivity contribution in [1.82, 2.24) is 9.80 Å². The Hall–Kier alpha value is -2.34. The molecule has 0 heterocycles. The monoisotopic (exact) mass is 346 g/mol. The summed E-state index contributed by atoms with van der Waals surface area (Å²) in [5, 5.41) is 8.97. The van der Waals surface area contributed by atoms with Crippen molar-refractivity contribution in [2.75, 3.05) is 26.2 Å². The highest BCUT2D eigenvalue weighted by Gasteiger charge is 2.33. The third-order valence-electron chi connectivity index (χ3n) is 4.09. The van der Waals surface area contributed by atoms with Crippen molar-refractivity contribution in [3.05, 3.63) is 48.6 Å². The van der Waals surface area contributed by atoms with Crippen LogP contribution in [0.4, 0.5) is 4.79 Å². The van der Waals surface area contributed by atoms with Gasteiger partial charge >= 0.3 is 12.1 Å². The van der Waals surface area contributed by atoms with Crippen LogP contribution in [0, 0.1) is 0 Å². The molecular formula is C19H26N2O4. The van der Waals surface area contributed by atoms with Crippen LogP contribution in [-0.4, -0.2) is 59.3 Å². The highest BCUT2D eigenvalue weighted by molar-refractivity contribution is 5.68. The summed E-state index contributed by atoms with van der Waals surface area (Å²) in [6.45, 7) is 6.02. The van der Waals surface area contributed by atoms with E-state index in [0.29, 0.717) is 26.2 Å². The summed E-state index contributed by atoms with van der Waals surface area (Å²) in [5.41, 5.74) is 1.13. The molecule has 0 aromatic heterocycles. The molecule has 136 valence electrons. The van der Waals surface area contributed by atoms with Crippen LogP contribution in [0.1, 0.15) is 24.8 Å². The van der Waals surface area contributed by atoms with Gasteiger partial charge in [0.1, 0.15) is 6.61 Å². The summed E-state index contributed by atoms with van der Waals surface area (Å²) in [5.74, 6) is -0.817. The van der Waals surface area contributed by atoms with Crippen molar-refractivity contribution in [3.63, 3.8) is 0 Å². The van der Waals surface area contributed by atoms with Crippen molar-refractivity contribution in [2.24, 2.45) is 0 Å². The number of amides is 1. The standard InChI is InChI=1S/C19H26N2O4/c1-2-14-25-19(24)21(17-8-9-17)13-12-20(11-10-18(22)23)15-16-6-4-3-5-7-16/h2-7,17H,1,8-15H2,(H,22,23).